The van der Waals surface area contributed by atoms with Crippen LogP contribution in [0.4, 0.5) is 0 Å². The highest BCUT2D eigenvalue weighted by atomic mass is 32.1. The van der Waals surface area contributed by atoms with Crippen molar-refractivity contribution in [3.8, 4) is 17.2 Å². The molecular formula is C21H20N2O6S. The quantitative estimate of drug-likeness (QED) is 0.335. The summed E-state index contributed by atoms with van der Waals surface area (Å²) in [6, 6.07) is 10.6. The average molecular weight is 428 g/mol. The highest BCUT2D eigenvalue weighted by molar-refractivity contribution is 7.12. The van der Waals surface area contributed by atoms with Crippen molar-refractivity contribution in [2.24, 2.45) is 0 Å². The topological polar surface area (TPSA) is 109 Å². The number of nitrogens with zero attached hydrogens (tertiary/aromatic N) is 2. The fraction of sp³-hybridized carbons (Fsp3) is 0.286. The first-order chi connectivity index (χ1) is 14.5. The highest BCUT2D eigenvalue weighted by Crippen LogP contribution is 2.21. The van der Waals surface area contributed by atoms with Crippen molar-refractivity contribution in [1.82, 2.24) is 10.2 Å². The summed E-state index contributed by atoms with van der Waals surface area (Å²) in [5.74, 6) is 0.396. The Balaban J connectivity index is 1.37. The third-order valence-electron chi connectivity index (χ3n) is 4.20. The molecule has 0 aliphatic carbocycles. The van der Waals surface area contributed by atoms with Crippen molar-refractivity contribution in [2.75, 3.05) is 7.11 Å². The van der Waals surface area contributed by atoms with E-state index >= 15 is 0 Å². The molecule has 0 fully saturated rings. The molecule has 0 saturated carbocycles. The maximum absolute atomic E-state index is 11.9. The van der Waals surface area contributed by atoms with Crippen LogP contribution in [0.1, 0.15) is 41.2 Å². The maximum atomic E-state index is 11.9. The van der Waals surface area contributed by atoms with Crippen LogP contribution in [-0.2, 0) is 20.9 Å². The first kappa shape index (κ1) is 21.4. The molecular weight excluding hydrogens is 408 g/mol. The lowest BCUT2D eigenvalue weighted by molar-refractivity contribution is -0.146. The van der Waals surface area contributed by atoms with Gasteiger partial charge in [-0.05, 0) is 35.7 Å². The van der Waals surface area contributed by atoms with Gasteiger partial charge in [-0.2, -0.15) is 0 Å². The minimum Gasteiger partial charge on any atom is -0.497 e. The fourth-order valence-electron chi connectivity index (χ4n) is 2.56. The molecule has 156 valence electrons. The van der Waals surface area contributed by atoms with Gasteiger partial charge in [-0.15, -0.1) is 21.5 Å². The number of thiophene rings is 1. The van der Waals surface area contributed by atoms with Gasteiger partial charge in [-0.1, -0.05) is 6.07 Å². The van der Waals surface area contributed by atoms with Crippen LogP contribution < -0.4 is 4.74 Å². The normalized spacial score (nSPS) is 10.6. The lowest BCUT2D eigenvalue weighted by atomic mass is 10.1. The summed E-state index contributed by atoms with van der Waals surface area (Å²) in [7, 11) is 1.58. The molecule has 0 atom stereocenters. The van der Waals surface area contributed by atoms with Gasteiger partial charge in [-0.3, -0.25) is 14.4 Å². The van der Waals surface area contributed by atoms with E-state index in [1.54, 1.807) is 43.5 Å². The number of ketones is 2. The zero-order valence-electron chi connectivity index (χ0n) is 16.3. The van der Waals surface area contributed by atoms with E-state index in [1.807, 2.05) is 5.38 Å². The van der Waals surface area contributed by atoms with Crippen molar-refractivity contribution in [3.63, 3.8) is 0 Å². The molecule has 2 aromatic heterocycles. The predicted molar refractivity (Wildman–Crippen MR) is 108 cm³/mol. The molecule has 0 spiro atoms. The molecule has 0 aliphatic heterocycles. The van der Waals surface area contributed by atoms with E-state index in [9.17, 15) is 14.4 Å². The smallest absolute Gasteiger partial charge is 0.306 e. The third kappa shape index (κ3) is 6.08. The molecule has 0 bridgehead atoms. The van der Waals surface area contributed by atoms with Gasteiger partial charge in [0.25, 0.3) is 5.89 Å². The van der Waals surface area contributed by atoms with Crippen molar-refractivity contribution in [3.05, 3.63) is 52.5 Å². The molecule has 3 aromatic rings. The monoisotopic (exact) mass is 428 g/mol. The molecule has 0 unspecified atom stereocenters. The zero-order chi connectivity index (χ0) is 21.3. The summed E-state index contributed by atoms with van der Waals surface area (Å²) < 4.78 is 15.6. The number of ether oxygens (including phenoxy) is 2. The van der Waals surface area contributed by atoms with Crippen molar-refractivity contribution in [2.45, 2.75) is 32.3 Å². The van der Waals surface area contributed by atoms with E-state index in [-0.39, 0.29) is 49.7 Å². The predicted octanol–water partition coefficient (Wildman–Crippen LogP) is 3.86. The molecule has 9 heteroatoms. The summed E-state index contributed by atoms with van der Waals surface area (Å²) >= 11 is 1.35. The van der Waals surface area contributed by atoms with Crippen LogP contribution in [0.15, 0.2) is 46.2 Å². The van der Waals surface area contributed by atoms with Crippen LogP contribution >= 0.6 is 11.3 Å². The molecule has 2 heterocycles. The van der Waals surface area contributed by atoms with Crippen LogP contribution in [0.5, 0.6) is 5.75 Å². The standard InChI is InChI=1S/C21H20N2O6S/c1-27-16-8-4-14(5-9-16)21-23-22-19(29-21)13-28-20(26)11-7-15(24)6-10-17(25)18-3-2-12-30-18/h2-5,8-9,12H,6-7,10-11,13H2,1H3. The Kier molecular flexibility index (Phi) is 7.45. The number of aromatic nitrogens is 2. The highest BCUT2D eigenvalue weighted by Gasteiger charge is 2.14. The number of esters is 1. The Morgan fingerprint density at radius 2 is 1.77 bits per heavy atom. The molecule has 3 rings (SSSR count). The van der Waals surface area contributed by atoms with Gasteiger partial charge in [-0.25, -0.2) is 0 Å². The fourth-order valence-corrected chi connectivity index (χ4v) is 3.25. The van der Waals surface area contributed by atoms with Crippen molar-refractivity contribution >= 4 is 28.9 Å². The molecule has 0 aliphatic rings. The molecule has 0 radical (unpaired) electrons. The van der Waals surface area contributed by atoms with E-state index in [0.29, 0.717) is 22.1 Å². The lowest BCUT2D eigenvalue weighted by Crippen LogP contribution is -2.09. The SMILES string of the molecule is COc1ccc(-c2nnc(COC(=O)CCC(=O)CCC(=O)c3cccs3)o2)cc1. The van der Waals surface area contributed by atoms with E-state index in [2.05, 4.69) is 10.2 Å². The van der Waals surface area contributed by atoms with Crippen LogP contribution in [0, 0.1) is 0 Å². The number of benzene rings is 1. The van der Waals surface area contributed by atoms with Gasteiger partial charge in [0.05, 0.1) is 18.4 Å². The van der Waals surface area contributed by atoms with Gasteiger partial charge in [0.15, 0.2) is 12.4 Å². The van der Waals surface area contributed by atoms with Crippen molar-refractivity contribution in [1.29, 1.82) is 0 Å². The molecule has 8 nitrogen and oxygen atoms in total. The summed E-state index contributed by atoms with van der Waals surface area (Å²) in [4.78, 5) is 36.3. The van der Waals surface area contributed by atoms with E-state index in [0.717, 1.165) is 0 Å². The Labute approximate surface area is 176 Å². The zero-order valence-corrected chi connectivity index (χ0v) is 17.1. The summed E-state index contributed by atoms with van der Waals surface area (Å²) in [6.07, 6.45) is 0.215. The van der Waals surface area contributed by atoms with Gasteiger partial charge >= 0.3 is 5.97 Å². The number of hydrogen-bond donors (Lipinski definition) is 0. The summed E-state index contributed by atoms with van der Waals surface area (Å²) in [5, 5.41) is 9.58. The lowest BCUT2D eigenvalue weighted by Gasteiger charge is -2.02. The Morgan fingerprint density at radius 1 is 1.00 bits per heavy atom. The number of carbonyl (C=O) groups is 3. The maximum Gasteiger partial charge on any atom is 0.306 e. The minimum atomic E-state index is -0.544. The van der Waals surface area contributed by atoms with Gasteiger partial charge in [0.2, 0.25) is 5.89 Å². The first-order valence-electron chi connectivity index (χ1n) is 9.26. The van der Waals surface area contributed by atoms with Crippen LogP contribution in [0.2, 0.25) is 0 Å². The van der Waals surface area contributed by atoms with Crippen molar-refractivity contribution < 1.29 is 28.3 Å². The molecule has 0 amide bonds. The Morgan fingerprint density at radius 3 is 2.47 bits per heavy atom. The van der Waals surface area contributed by atoms with E-state index < -0.39 is 5.97 Å². The number of carbonyl (C=O) groups excluding carboxylic acids is 3. The molecule has 1 aromatic carbocycles. The molecule has 30 heavy (non-hydrogen) atoms. The number of Topliss-reactive ketones (excluding diaryl/α,β-unsaturated/α-hetero) is 2. The number of methoxy groups -OCH3 is 1. The number of rotatable bonds is 11. The van der Waals surface area contributed by atoms with Gasteiger partial charge in [0, 0.05) is 24.8 Å². The van der Waals surface area contributed by atoms with Gasteiger partial charge < -0.3 is 13.9 Å². The molecule has 0 saturated heterocycles. The third-order valence-corrected chi connectivity index (χ3v) is 5.11. The summed E-state index contributed by atoms with van der Waals surface area (Å²) in [6.45, 7) is -0.174. The minimum absolute atomic E-state index is 0.0253. The van der Waals surface area contributed by atoms with E-state index in [4.69, 9.17) is 13.9 Å². The van der Waals surface area contributed by atoms with E-state index in [1.165, 1.54) is 11.3 Å². The largest absolute Gasteiger partial charge is 0.497 e. The van der Waals surface area contributed by atoms with Gasteiger partial charge in [0.1, 0.15) is 11.5 Å². The van der Waals surface area contributed by atoms with Crippen LogP contribution in [0.3, 0.4) is 0 Å². The second-order valence-electron chi connectivity index (χ2n) is 6.33. The Bertz CT molecular complexity index is 995. The Hall–Kier alpha value is -3.33. The van der Waals surface area contributed by atoms with Crippen LogP contribution in [0.25, 0.3) is 11.5 Å². The second kappa shape index (κ2) is 10.4. The first-order valence-corrected chi connectivity index (χ1v) is 10.1. The van der Waals surface area contributed by atoms with Crippen LogP contribution in [-0.4, -0.2) is 34.8 Å². The average Bonchev–Trinajstić information content (AvgIpc) is 3.47. The molecule has 0 N–H and O–H groups in total. The second-order valence-corrected chi connectivity index (χ2v) is 7.28. The number of hydrogen-bond acceptors (Lipinski definition) is 9. The summed E-state index contributed by atoms with van der Waals surface area (Å²) in [5.41, 5.74) is 0.712.